The Balaban J connectivity index is 2.20. The van der Waals surface area contributed by atoms with Crippen LogP contribution in [0.3, 0.4) is 0 Å². The van der Waals surface area contributed by atoms with Crippen molar-refractivity contribution < 1.29 is 14.3 Å². The molecule has 0 saturated heterocycles. The standard InChI is InChI=1S/C16H15NO3/c1-19-11-3-5-13-10(7-11)9-17-16(18)15-8-12(20-2)4-6-14(13)15/h3-8H,9H2,1-2H3,(H,17,18). The van der Waals surface area contributed by atoms with Gasteiger partial charge in [-0.05, 0) is 47.0 Å². The van der Waals surface area contributed by atoms with E-state index in [1.165, 1.54) is 0 Å². The van der Waals surface area contributed by atoms with Crippen LogP contribution in [0.4, 0.5) is 0 Å². The van der Waals surface area contributed by atoms with Gasteiger partial charge in [0.15, 0.2) is 0 Å². The van der Waals surface area contributed by atoms with Gasteiger partial charge in [-0.25, -0.2) is 0 Å². The Labute approximate surface area is 117 Å². The highest BCUT2D eigenvalue weighted by atomic mass is 16.5. The minimum Gasteiger partial charge on any atom is -0.497 e. The molecule has 0 aromatic heterocycles. The van der Waals surface area contributed by atoms with Gasteiger partial charge in [-0.1, -0.05) is 6.07 Å². The molecule has 1 amide bonds. The summed E-state index contributed by atoms with van der Waals surface area (Å²) in [6.07, 6.45) is 0. The highest BCUT2D eigenvalue weighted by Gasteiger charge is 2.20. The zero-order valence-electron chi connectivity index (χ0n) is 11.4. The molecule has 0 bridgehead atoms. The number of benzene rings is 2. The van der Waals surface area contributed by atoms with Crippen LogP contribution in [0.15, 0.2) is 36.4 Å². The lowest BCUT2D eigenvalue weighted by Gasteiger charge is -2.10. The van der Waals surface area contributed by atoms with E-state index in [2.05, 4.69) is 5.32 Å². The SMILES string of the molecule is COc1ccc2c(c1)CNC(=O)c1cc(OC)ccc1-2. The van der Waals surface area contributed by atoms with Crippen molar-refractivity contribution in [3.8, 4) is 22.6 Å². The fourth-order valence-electron chi connectivity index (χ4n) is 2.45. The van der Waals surface area contributed by atoms with Gasteiger partial charge >= 0.3 is 0 Å². The number of nitrogens with one attached hydrogen (secondary N) is 1. The van der Waals surface area contributed by atoms with Gasteiger partial charge in [0.2, 0.25) is 0 Å². The van der Waals surface area contributed by atoms with Crippen LogP contribution in [0.2, 0.25) is 0 Å². The van der Waals surface area contributed by atoms with Crippen molar-refractivity contribution in [3.63, 3.8) is 0 Å². The molecule has 2 aromatic rings. The monoisotopic (exact) mass is 269 g/mol. The molecule has 0 fully saturated rings. The number of amides is 1. The number of hydrogen-bond acceptors (Lipinski definition) is 3. The second-order valence-electron chi connectivity index (χ2n) is 4.62. The minimum atomic E-state index is -0.0888. The number of ether oxygens (including phenoxy) is 2. The molecule has 4 nitrogen and oxygen atoms in total. The van der Waals surface area contributed by atoms with E-state index in [0.717, 1.165) is 22.4 Å². The predicted octanol–water partition coefficient (Wildman–Crippen LogP) is 2.61. The molecular formula is C16H15NO3. The first-order chi connectivity index (χ1) is 9.72. The van der Waals surface area contributed by atoms with Crippen molar-refractivity contribution in [2.45, 2.75) is 6.54 Å². The zero-order valence-corrected chi connectivity index (χ0v) is 11.4. The van der Waals surface area contributed by atoms with E-state index < -0.39 is 0 Å². The Morgan fingerprint density at radius 2 is 1.55 bits per heavy atom. The second-order valence-corrected chi connectivity index (χ2v) is 4.62. The summed E-state index contributed by atoms with van der Waals surface area (Å²) in [5, 5.41) is 2.91. The smallest absolute Gasteiger partial charge is 0.252 e. The van der Waals surface area contributed by atoms with Gasteiger partial charge in [-0.2, -0.15) is 0 Å². The third-order valence-corrected chi connectivity index (χ3v) is 3.51. The molecule has 20 heavy (non-hydrogen) atoms. The highest BCUT2D eigenvalue weighted by molar-refractivity contribution is 6.02. The number of carbonyl (C=O) groups excluding carboxylic acids is 1. The fourth-order valence-corrected chi connectivity index (χ4v) is 2.45. The van der Waals surface area contributed by atoms with Crippen LogP contribution in [0, 0.1) is 0 Å². The van der Waals surface area contributed by atoms with E-state index in [9.17, 15) is 4.79 Å². The van der Waals surface area contributed by atoms with Crippen LogP contribution in [0.25, 0.3) is 11.1 Å². The predicted molar refractivity (Wildman–Crippen MR) is 76.2 cm³/mol. The Bertz CT molecular complexity index is 679. The normalized spacial score (nSPS) is 12.8. The van der Waals surface area contributed by atoms with Crippen LogP contribution in [0.5, 0.6) is 11.5 Å². The van der Waals surface area contributed by atoms with Crippen LogP contribution < -0.4 is 14.8 Å². The second kappa shape index (κ2) is 4.89. The lowest BCUT2D eigenvalue weighted by atomic mass is 9.96. The molecule has 4 heteroatoms. The van der Waals surface area contributed by atoms with Crippen LogP contribution in [-0.4, -0.2) is 20.1 Å². The summed E-state index contributed by atoms with van der Waals surface area (Å²) in [6, 6.07) is 11.4. The van der Waals surface area contributed by atoms with Gasteiger partial charge in [-0.15, -0.1) is 0 Å². The van der Waals surface area contributed by atoms with Gasteiger partial charge in [0.05, 0.1) is 19.8 Å². The first-order valence-corrected chi connectivity index (χ1v) is 6.36. The maximum absolute atomic E-state index is 12.2. The lowest BCUT2D eigenvalue weighted by molar-refractivity contribution is 0.0952. The third kappa shape index (κ3) is 1.99. The molecule has 0 saturated carbocycles. The highest BCUT2D eigenvalue weighted by Crippen LogP contribution is 2.33. The van der Waals surface area contributed by atoms with E-state index in [4.69, 9.17) is 9.47 Å². The molecule has 0 aliphatic carbocycles. The fraction of sp³-hybridized carbons (Fsp3) is 0.188. The first kappa shape index (κ1) is 12.5. The van der Waals surface area contributed by atoms with Gasteiger partial charge < -0.3 is 14.8 Å². The summed E-state index contributed by atoms with van der Waals surface area (Å²) in [5.74, 6) is 1.37. The van der Waals surface area contributed by atoms with E-state index in [1.807, 2.05) is 30.3 Å². The van der Waals surface area contributed by atoms with Crippen molar-refractivity contribution in [2.24, 2.45) is 0 Å². The summed E-state index contributed by atoms with van der Waals surface area (Å²) in [5.41, 5.74) is 3.63. The molecule has 0 spiro atoms. The largest absolute Gasteiger partial charge is 0.497 e. The molecule has 102 valence electrons. The summed E-state index contributed by atoms with van der Waals surface area (Å²) >= 11 is 0. The molecule has 2 aromatic carbocycles. The summed E-state index contributed by atoms with van der Waals surface area (Å²) < 4.78 is 10.4. The number of hydrogen-bond donors (Lipinski definition) is 1. The number of fused-ring (bicyclic) bond motifs is 3. The Morgan fingerprint density at radius 3 is 2.25 bits per heavy atom. The molecular weight excluding hydrogens is 254 g/mol. The maximum Gasteiger partial charge on any atom is 0.252 e. The number of carbonyl (C=O) groups is 1. The van der Waals surface area contributed by atoms with Crippen molar-refractivity contribution in [3.05, 3.63) is 47.5 Å². The maximum atomic E-state index is 12.2. The molecule has 1 aliphatic heterocycles. The molecule has 1 aliphatic rings. The number of rotatable bonds is 2. The van der Waals surface area contributed by atoms with E-state index in [1.54, 1.807) is 20.3 Å². The molecule has 1 N–H and O–H groups in total. The van der Waals surface area contributed by atoms with Gasteiger partial charge in [-0.3, -0.25) is 4.79 Å². The molecule has 0 unspecified atom stereocenters. The number of methoxy groups -OCH3 is 2. The average Bonchev–Trinajstić information content (AvgIpc) is 2.64. The summed E-state index contributed by atoms with van der Waals surface area (Å²) in [7, 11) is 3.23. The average molecular weight is 269 g/mol. The Kier molecular flexibility index (Phi) is 3.06. The topological polar surface area (TPSA) is 47.6 Å². The van der Waals surface area contributed by atoms with Crippen molar-refractivity contribution >= 4 is 5.91 Å². The van der Waals surface area contributed by atoms with E-state index >= 15 is 0 Å². The van der Waals surface area contributed by atoms with Crippen molar-refractivity contribution in [1.29, 1.82) is 0 Å². The van der Waals surface area contributed by atoms with Crippen LogP contribution >= 0.6 is 0 Å². The summed E-state index contributed by atoms with van der Waals surface area (Å²) in [6.45, 7) is 0.488. The minimum absolute atomic E-state index is 0.0888. The van der Waals surface area contributed by atoms with Crippen molar-refractivity contribution in [2.75, 3.05) is 14.2 Å². The van der Waals surface area contributed by atoms with E-state index in [0.29, 0.717) is 17.9 Å². The Morgan fingerprint density at radius 1 is 0.900 bits per heavy atom. The lowest BCUT2D eigenvalue weighted by Crippen LogP contribution is -2.21. The molecule has 0 atom stereocenters. The van der Waals surface area contributed by atoms with Crippen molar-refractivity contribution in [1.82, 2.24) is 5.32 Å². The van der Waals surface area contributed by atoms with E-state index in [-0.39, 0.29) is 5.91 Å². The van der Waals surface area contributed by atoms with Gasteiger partial charge in [0.25, 0.3) is 5.91 Å². The van der Waals surface area contributed by atoms with Crippen LogP contribution in [-0.2, 0) is 6.54 Å². The van der Waals surface area contributed by atoms with Gasteiger partial charge in [0.1, 0.15) is 11.5 Å². The van der Waals surface area contributed by atoms with Gasteiger partial charge in [0, 0.05) is 6.54 Å². The third-order valence-electron chi connectivity index (χ3n) is 3.51. The summed E-state index contributed by atoms with van der Waals surface area (Å²) in [4.78, 5) is 12.2. The van der Waals surface area contributed by atoms with Crippen LogP contribution in [0.1, 0.15) is 15.9 Å². The quantitative estimate of drug-likeness (QED) is 0.911. The zero-order chi connectivity index (χ0) is 14.1. The Hall–Kier alpha value is -2.49. The first-order valence-electron chi connectivity index (χ1n) is 6.36. The molecule has 3 rings (SSSR count). The molecule has 1 heterocycles. The molecule has 0 radical (unpaired) electrons.